The van der Waals surface area contributed by atoms with Crippen LogP contribution in [0.5, 0.6) is 0 Å². The van der Waals surface area contributed by atoms with E-state index in [0.717, 1.165) is 61.3 Å². The third-order valence-corrected chi connectivity index (χ3v) is 15.0. The Kier molecular flexibility index (Phi) is 10.4. The highest BCUT2D eigenvalue weighted by molar-refractivity contribution is 5.97. The third kappa shape index (κ3) is 7.10. The van der Waals surface area contributed by atoms with Crippen LogP contribution in [-0.4, -0.2) is 15.0 Å². The van der Waals surface area contributed by atoms with Crippen LogP contribution >= 0.6 is 0 Å². The fourth-order valence-electron chi connectivity index (χ4n) is 11.6. The summed E-state index contributed by atoms with van der Waals surface area (Å²) >= 11 is 0. The topological polar surface area (TPSA) is 41.9 Å². The SMILES string of the molecule is c1ccc(-c2ccc(-c3nc(-c4ccc(-c5ccccc5)cc4)nc(-c4ccccc4-c4ccc(-c5ccc6c(c5)C5(c7ccccc7-6)c6ccccc6N(c6ccccc6)c6ccccc65)cc4)n3)cc2)cc1. The van der Waals surface area contributed by atoms with Crippen LogP contribution in [0.1, 0.15) is 22.3 Å². The summed E-state index contributed by atoms with van der Waals surface area (Å²) in [5.74, 6) is 1.86. The molecule has 0 bridgehead atoms. The largest absolute Gasteiger partial charge is 0.310 e. The molecule has 4 heteroatoms. The van der Waals surface area contributed by atoms with Crippen molar-refractivity contribution < 1.29 is 0 Å². The Balaban J connectivity index is 0.861. The lowest BCUT2D eigenvalue weighted by molar-refractivity contribution is 0.753. The minimum absolute atomic E-state index is 0.532. The van der Waals surface area contributed by atoms with Gasteiger partial charge >= 0.3 is 0 Å². The molecule has 0 atom stereocenters. The molecule has 74 heavy (non-hydrogen) atoms. The summed E-state index contributed by atoms with van der Waals surface area (Å²) in [5, 5.41) is 0. The van der Waals surface area contributed by atoms with Crippen molar-refractivity contribution in [3.63, 3.8) is 0 Å². The molecule has 11 aromatic carbocycles. The van der Waals surface area contributed by atoms with Crippen LogP contribution in [0.2, 0.25) is 0 Å². The highest BCUT2D eigenvalue weighted by Gasteiger charge is 2.51. The van der Waals surface area contributed by atoms with Gasteiger partial charge in [-0.3, -0.25) is 0 Å². The number of nitrogens with zero attached hydrogens (tertiary/aromatic N) is 4. The molecule has 12 aromatic rings. The van der Waals surface area contributed by atoms with Crippen LogP contribution < -0.4 is 4.90 Å². The summed E-state index contributed by atoms with van der Waals surface area (Å²) < 4.78 is 0. The van der Waals surface area contributed by atoms with Crippen molar-refractivity contribution in [2.24, 2.45) is 0 Å². The van der Waals surface area contributed by atoms with E-state index in [2.05, 4.69) is 272 Å². The fraction of sp³-hybridized carbons (Fsp3) is 0.0143. The second-order valence-electron chi connectivity index (χ2n) is 19.1. The molecule has 0 radical (unpaired) electrons. The number of hydrogen-bond donors (Lipinski definition) is 0. The average Bonchev–Trinajstić information content (AvgIpc) is 3.80. The zero-order chi connectivity index (χ0) is 49.0. The molecule has 0 saturated carbocycles. The van der Waals surface area contributed by atoms with Gasteiger partial charge in [-0.1, -0.05) is 249 Å². The number of hydrogen-bond acceptors (Lipinski definition) is 4. The molecular weight excluding hydrogens is 897 g/mol. The second-order valence-corrected chi connectivity index (χ2v) is 19.1. The Labute approximate surface area is 431 Å². The van der Waals surface area contributed by atoms with Crippen molar-refractivity contribution >= 4 is 17.1 Å². The van der Waals surface area contributed by atoms with Gasteiger partial charge < -0.3 is 4.90 Å². The molecule has 1 aliphatic heterocycles. The zero-order valence-corrected chi connectivity index (χ0v) is 40.3. The quantitative estimate of drug-likeness (QED) is 0.152. The first-order chi connectivity index (χ1) is 36.7. The Morgan fingerprint density at radius 3 is 1.15 bits per heavy atom. The lowest BCUT2D eigenvalue weighted by Gasteiger charge is -2.45. The summed E-state index contributed by atoms with van der Waals surface area (Å²) in [6, 6.07) is 100. The van der Waals surface area contributed by atoms with Gasteiger partial charge in [0.05, 0.1) is 16.8 Å². The molecule has 4 nitrogen and oxygen atoms in total. The molecule has 0 fully saturated rings. The Hall–Kier alpha value is -9.77. The molecule has 14 rings (SSSR count). The van der Waals surface area contributed by atoms with Crippen LogP contribution in [0.3, 0.4) is 0 Å². The summed E-state index contributed by atoms with van der Waals surface area (Å²) in [6.07, 6.45) is 0. The number of anilines is 3. The fourth-order valence-corrected chi connectivity index (χ4v) is 11.6. The minimum atomic E-state index is -0.532. The smallest absolute Gasteiger partial charge is 0.164 e. The number of benzene rings is 11. The zero-order valence-electron chi connectivity index (χ0n) is 40.3. The van der Waals surface area contributed by atoms with Gasteiger partial charge in [-0.25, -0.2) is 15.0 Å². The van der Waals surface area contributed by atoms with E-state index in [0.29, 0.717) is 17.5 Å². The van der Waals surface area contributed by atoms with Crippen molar-refractivity contribution in [3.8, 4) is 89.8 Å². The first-order valence-electron chi connectivity index (χ1n) is 25.3. The van der Waals surface area contributed by atoms with E-state index in [-0.39, 0.29) is 0 Å². The number of rotatable bonds is 8. The van der Waals surface area contributed by atoms with Crippen molar-refractivity contribution in [3.05, 3.63) is 301 Å². The van der Waals surface area contributed by atoms with Gasteiger partial charge in [0.2, 0.25) is 0 Å². The number of para-hydroxylation sites is 3. The first kappa shape index (κ1) is 43.1. The average molecular weight is 943 g/mol. The first-order valence-corrected chi connectivity index (χ1v) is 25.3. The summed E-state index contributed by atoms with van der Waals surface area (Å²) in [7, 11) is 0. The molecule has 2 aliphatic rings. The molecule has 2 heterocycles. The van der Waals surface area contributed by atoms with Gasteiger partial charge in [0.15, 0.2) is 17.5 Å². The Bertz CT molecular complexity index is 3890. The van der Waals surface area contributed by atoms with Crippen molar-refractivity contribution in [2.75, 3.05) is 4.90 Å². The van der Waals surface area contributed by atoms with Crippen molar-refractivity contribution in [1.29, 1.82) is 0 Å². The van der Waals surface area contributed by atoms with Gasteiger partial charge in [-0.05, 0) is 108 Å². The predicted molar refractivity (Wildman–Crippen MR) is 303 cm³/mol. The molecule has 1 aliphatic carbocycles. The normalized spacial score (nSPS) is 12.7. The maximum absolute atomic E-state index is 5.24. The maximum Gasteiger partial charge on any atom is 0.164 e. The maximum atomic E-state index is 5.24. The number of fused-ring (bicyclic) bond motifs is 9. The molecule has 0 unspecified atom stereocenters. The van der Waals surface area contributed by atoms with Crippen LogP contribution in [0, 0.1) is 0 Å². The van der Waals surface area contributed by atoms with Crippen LogP contribution in [0.15, 0.2) is 279 Å². The van der Waals surface area contributed by atoms with E-state index >= 15 is 0 Å². The predicted octanol–water partition coefficient (Wildman–Crippen LogP) is 17.7. The number of aromatic nitrogens is 3. The standard InChI is InChI=1S/C70H46N4/c1-4-18-47(19-5-1)49-34-40-53(41-35-49)67-71-68(54-42-36-50(37-43-54)48-20-6-2-7-21-48)73-69(72-67)60-26-11-10-24-57(60)52-38-32-51(33-39-52)55-44-45-59-58-25-12-13-27-61(58)70(64(59)46-55)62-28-14-16-30-65(62)74(56-22-8-3-9-23-56)66-31-17-15-29-63(66)70/h1-46H. The van der Waals surface area contributed by atoms with Crippen LogP contribution in [-0.2, 0) is 5.41 Å². The van der Waals surface area contributed by atoms with Gasteiger partial charge in [-0.15, -0.1) is 0 Å². The Morgan fingerprint density at radius 2 is 0.595 bits per heavy atom. The second kappa shape index (κ2) is 17.8. The van der Waals surface area contributed by atoms with Crippen LogP contribution in [0.4, 0.5) is 17.1 Å². The molecule has 1 spiro atoms. The molecule has 0 N–H and O–H groups in total. The van der Waals surface area contributed by atoms with Gasteiger partial charge in [-0.2, -0.15) is 0 Å². The summed E-state index contributed by atoms with van der Waals surface area (Å²) in [4.78, 5) is 18.0. The van der Waals surface area contributed by atoms with E-state index in [1.807, 2.05) is 12.1 Å². The van der Waals surface area contributed by atoms with Crippen molar-refractivity contribution in [1.82, 2.24) is 15.0 Å². The molecule has 346 valence electrons. The Morgan fingerprint density at radius 1 is 0.230 bits per heavy atom. The van der Waals surface area contributed by atoms with Gasteiger partial charge in [0.1, 0.15) is 0 Å². The highest BCUT2D eigenvalue weighted by atomic mass is 15.2. The molecule has 0 saturated heterocycles. The van der Waals surface area contributed by atoms with E-state index in [9.17, 15) is 0 Å². The lowest BCUT2D eigenvalue weighted by atomic mass is 9.64. The van der Waals surface area contributed by atoms with E-state index in [1.165, 1.54) is 50.3 Å². The van der Waals surface area contributed by atoms with Crippen LogP contribution in [0.25, 0.3) is 89.8 Å². The third-order valence-electron chi connectivity index (χ3n) is 15.0. The van der Waals surface area contributed by atoms with Gasteiger partial charge in [0, 0.05) is 22.4 Å². The monoisotopic (exact) mass is 942 g/mol. The highest BCUT2D eigenvalue weighted by Crippen LogP contribution is 2.63. The summed E-state index contributed by atoms with van der Waals surface area (Å²) in [5.41, 5.74) is 22.5. The van der Waals surface area contributed by atoms with E-state index < -0.39 is 5.41 Å². The van der Waals surface area contributed by atoms with E-state index in [4.69, 9.17) is 15.0 Å². The van der Waals surface area contributed by atoms with E-state index in [1.54, 1.807) is 0 Å². The van der Waals surface area contributed by atoms with Crippen molar-refractivity contribution in [2.45, 2.75) is 5.41 Å². The lowest BCUT2D eigenvalue weighted by Crippen LogP contribution is -2.36. The molecular formula is C70H46N4. The summed E-state index contributed by atoms with van der Waals surface area (Å²) in [6.45, 7) is 0. The molecule has 0 amide bonds. The van der Waals surface area contributed by atoms with Gasteiger partial charge in [0.25, 0.3) is 0 Å². The minimum Gasteiger partial charge on any atom is -0.310 e. The molecule has 1 aromatic heterocycles.